The minimum Gasteiger partial charge on any atom is -0.726 e. The molecule has 386 valence electrons. The summed E-state index contributed by atoms with van der Waals surface area (Å²) >= 11 is 0. The summed E-state index contributed by atoms with van der Waals surface area (Å²) in [6.07, 6.45) is -3.35. The van der Waals surface area contributed by atoms with E-state index in [1.807, 2.05) is 48.5 Å². The zero-order valence-corrected chi connectivity index (χ0v) is 42.8. The normalized spacial score (nSPS) is 28.4. The van der Waals surface area contributed by atoms with Crippen molar-refractivity contribution in [2.75, 3.05) is 57.6 Å². The maximum atomic E-state index is 12.0. The largest absolute Gasteiger partial charge is 0.726 e. The monoisotopic (exact) mass is 1040 g/mol. The van der Waals surface area contributed by atoms with Crippen molar-refractivity contribution < 1.29 is 92.1 Å². The van der Waals surface area contributed by atoms with Crippen LogP contribution in [0.15, 0.2) is 48.5 Å². The first-order valence-corrected chi connectivity index (χ1v) is 27.8. The molecule has 0 radical (unpaired) electrons. The molecular weight excluding hydrogens is 977 g/mol. The Hall–Kier alpha value is -2.91. The highest BCUT2D eigenvalue weighted by Gasteiger charge is 2.52. The maximum absolute atomic E-state index is 12.0. The summed E-state index contributed by atoms with van der Waals surface area (Å²) in [4.78, 5) is 28.3. The third-order valence-electron chi connectivity index (χ3n) is 12.0. The molecule has 0 bridgehead atoms. The zero-order valence-electron chi connectivity index (χ0n) is 39.5. The van der Waals surface area contributed by atoms with Gasteiger partial charge in [-0.25, -0.2) is 16.8 Å². The lowest BCUT2D eigenvalue weighted by Crippen LogP contribution is -2.52. The minimum absolute atomic E-state index is 0.00863. The van der Waals surface area contributed by atoms with E-state index in [0.29, 0.717) is 29.5 Å². The molecule has 14 atom stereocenters. The Morgan fingerprint density at radius 3 is 1.69 bits per heavy atom. The topological polar surface area (TPSA) is 289 Å². The molecule has 20 nitrogen and oxygen atoms in total. The van der Waals surface area contributed by atoms with Crippen molar-refractivity contribution >= 4 is 54.7 Å². The Labute approximate surface area is 405 Å². The molecule has 3 fully saturated rings. The number of ether oxygens (including phenoxy) is 7. The van der Waals surface area contributed by atoms with Gasteiger partial charge in [-0.05, 0) is 76.9 Å². The number of benzene rings is 2. The summed E-state index contributed by atoms with van der Waals surface area (Å²) in [6.45, 7) is 10.1. The fourth-order valence-electron chi connectivity index (χ4n) is 8.36. The number of aliphatic hydroxyl groups excluding tert-OH is 2. The van der Waals surface area contributed by atoms with Crippen LogP contribution < -0.4 is 9.47 Å². The van der Waals surface area contributed by atoms with E-state index in [1.165, 1.54) is 7.11 Å². The van der Waals surface area contributed by atoms with Gasteiger partial charge in [0.15, 0.2) is 6.29 Å². The fraction of sp³-hybridized carbons (Fsp3) is 0.682. The molecule has 2 N–H and O–H groups in total. The number of carbonyl (C=O) groups is 1. The Morgan fingerprint density at radius 2 is 1.28 bits per heavy atom. The summed E-state index contributed by atoms with van der Waals surface area (Å²) in [7, 11) is -5.90. The average molecular weight is 1040 g/mol. The fourth-order valence-corrected chi connectivity index (χ4v) is 16.1. The number of hydrogen-bond acceptors (Lipinski definition) is 20. The summed E-state index contributed by atoms with van der Waals surface area (Å²) in [5, 5.41) is 20.3. The van der Waals surface area contributed by atoms with Crippen molar-refractivity contribution in [3.63, 3.8) is 0 Å². The summed E-state index contributed by atoms with van der Waals surface area (Å²) in [5.74, 6) is 3.12. The SMILES string of the molecule is CC[C@@H]1[C@@H](C)[C@H](OCc2ccc(OC)cc2)C[S+]1C[C@@H](O)[C@H](CO)OS(=O)(=O)[O-].CC[C@@H]1[C@@H](C)[C@H](OCc2ccc(OC)cc2)C[S+]1C[C@H]1OC(C(C)C(=O)OC)OC[C@@H]1OS(=O)(=O)[O-].O=C=O. The highest BCUT2D eigenvalue weighted by Crippen LogP contribution is 2.37. The van der Waals surface area contributed by atoms with Gasteiger partial charge >= 0.3 is 12.1 Å². The van der Waals surface area contributed by atoms with E-state index in [1.54, 1.807) is 21.1 Å². The van der Waals surface area contributed by atoms with Gasteiger partial charge in [0.2, 0.25) is 20.8 Å². The average Bonchev–Trinajstić information content (AvgIpc) is 3.78. The molecule has 2 aromatic rings. The first-order valence-electron chi connectivity index (χ1n) is 21.9. The third-order valence-corrected chi connectivity index (χ3v) is 19.2. The van der Waals surface area contributed by atoms with E-state index < -0.39 is 70.0 Å². The van der Waals surface area contributed by atoms with Crippen LogP contribution in [0.2, 0.25) is 0 Å². The Kier molecular flexibility index (Phi) is 25.2. The van der Waals surface area contributed by atoms with Gasteiger partial charge in [0, 0.05) is 11.8 Å². The van der Waals surface area contributed by atoms with Crippen molar-refractivity contribution in [3.05, 3.63) is 59.7 Å². The molecule has 0 spiro atoms. The van der Waals surface area contributed by atoms with Gasteiger partial charge in [-0.3, -0.25) is 13.2 Å². The third kappa shape index (κ3) is 18.7. The Balaban J connectivity index is 0.000000348. The lowest BCUT2D eigenvalue weighted by Gasteiger charge is -2.37. The highest BCUT2D eigenvalue weighted by atomic mass is 32.3. The second-order valence-electron chi connectivity index (χ2n) is 16.4. The van der Waals surface area contributed by atoms with Crippen molar-refractivity contribution in [2.24, 2.45) is 17.8 Å². The molecule has 5 rings (SSSR count). The second kappa shape index (κ2) is 28.8. The number of hydrogen-bond donors (Lipinski definition) is 2. The van der Waals surface area contributed by atoms with Crippen LogP contribution in [0.25, 0.3) is 0 Å². The van der Waals surface area contributed by atoms with E-state index in [0.717, 1.165) is 47.0 Å². The Bertz CT molecular complexity index is 2050. The lowest BCUT2D eigenvalue weighted by molar-refractivity contribution is -0.258. The second-order valence-corrected chi connectivity index (χ2v) is 23.1. The summed E-state index contributed by atoms with van der Waals surface area (Å²) < 4.78 is 115. The molecule has 2 aromatic carbocycles. The molecule has 68 heavy (non-hydrogen) atoms. The first kappa shape index (κ1) is 59.4. The molecule has 0 aromatic heterocycles. The van der Waals surface area contributed by atoms with Crippen LogP contribution in [0.1, 0.15) is 58.6 Å². The Morgan fingerprint density at radius 1 is 0.809 bits per heavy atom. The van der Waals surface area contributed by atoms with Gasteiger partial charge in [0.1, 0.15) is 87.6 Å². The van der Waals surface area contributed by atoms with Crippen LogP contribution in [0, 0.1) is 17.8 Å². The van der Waals surface area contributed by atoms with Crippen molar-refractivity contribution in [1.82, 2.24) is 0 Å². The molecule has 24 heteroatoms. The molecule has 3 saturated heterocycles. The number of aliphatic hydroxyl groups is 2. The van der Waals surface area contributed by atoms with Crippen LogP contribution in [0.5, 0.6) is 11.5 Å². The van der Waals surface area contributed by atoms with E-state index in [-0.39, 0.29) is 64.3 Å². The quantitative estimate of drug-likeness (QED) is 0.0740. The van der Waals surface area contributed by atoms with Crippen molar-refractivity contribution in [2.45, 2.75) is 114 Å². The number of carbonyl (C=O) groups excluding carboxylic acids is 3. The van der Waals surface area contributed by atoms with Crippen molar-refractivity contribution in [1.29, 1.82) is 0 Å². The number of rotatable bonds is 22. The van der Waals surface area contributed by atoms with Crippen LogP contribution in [-0.2, 0) is 102 Å². The van der Waals surface area contributed by atoms with Crippen LogP contribution in [0.4, 0.5) is 0 Å². The standard InChI is InChI=1S/C24H36O10S2.C19H30O8S2.CO2/c1-6-22-15(2)20(31-11-17-7-9-18(29-4)10-8-17)13-35(22)14-21-19(34-36(26,27)28)12-32-24(33-21)16(3)23(25)30-5;1-4-19-13(2)18(26-10-14-5-7-15(25-3)8-6-14)12-28(19)11-16(21)17(9-20)27-29(22,23)24;2-1-3/h7-10,15-16,19-22,24H,6,11-14H2,1-5H3;5-8,13,16-21H,4,9-12H2,1-3H3;/t15-,16?,19-,20+,21+,22+,24?,35?;13-,16+,17-,18+,19+,28?;/m00./s1. The van der Waals surface area contributed by atoms with Gasteiger partial charge in [-0.2, -0.15) is 9.59 Å². The molecule has 3 heterocycles. The van der Waals surface area contributed by atoms with E-state index in [9.17, 15) is 40.9 Å². The van der Waals surface area contributed by atoms with Crippen LogP contribution >= 0.6 is 0 Å². The predicted molar refractivity (Wildman–Crippen MR) is 247 cm³/mol. The molecule has 0 amide bonds. The molecular formula is C44H66O20S4. The number of methoxy groups -OCH3 is 3. The molecule has 3 aliphatic heterocycles. The van der Waals surface area contributed by atoms with Gasteiger partial charge in [-0.1, -0.05) is 52.0 Å². The molecule has 0 saturated carbocycles. The van der Waals surface area contributed by atoms with Gasteiger partial charge in [-0.15, -0.1) is 0 Å². The van der Waals surface area contributed by atoms with Crippen LogP contribution in [-0.4, -0.2) is 159 Å². The maximum Gasteiger partial charge on any atom is 0.373 e. The molecule has 4 unspecified atom stereocenters. The molecule has 0 aliphatic carbocycles. The summed E-state index contributed by atoms with van der Waals surface area (Å²) in [6, 6.07) is 15.4. The predicted octanol–water partition coefficient (Wildman–Crippen LogP) is 2.27. The van der Waals surface area contributed by atoms with Gasteiger partial charge < -0.3 is 52.5 Å². The smallest absolute Gasteiger partial charge is 0.373 e. The molecule has 3 aliphatic rings. The van der Waals surface area contributed by atoms with E-state index in [2.05, 4.69) is 31.9 Å². The lowest BCUT2D eigenvalue weighted by atomic mass is 10.0. The van der Waals surface area contributed by atoms with Crippen molar-refractivity contribution in [3.8, 4) is 11.5 Å². The highest BCUT2D eigenvalue weighted by molar-refractivity contribution is 7.98. The zero-order chi connectivity index (χ0) is 50.8. The summed E-state index contributed by atoms with van der Waals surface area (Å²) in [5.41, 5.74) is 2.08. The van der Waals surface area contributed by atoms with Gasteiger partial charge in [0.05, 0.1) is 47.8 Å². The number of esters is 1. The van der Waals surface area contributed by atoms with Crippen LogP contribution in [0.3, 0.4) is 0 Å². The van der Waals surface area contributed by atoms with Gasteiger partial charge in [0.25, 0.3) is 0 Å². The van der Waals surface area contributed by atoms with E-state index >= 15 is 0 Å². The minimum atomic E-state index is -5.00. The first-order chi connectivity index (χ1) is 32.1. The van der Waals surface area contributed by atoms with E-state index in [4.69, 9.17) is 46.9 Å².